The molecule has 2 N–H and O–H groups in total. The molecule has 1 unspecified atom stereocenters. The summed E-state index contributed by atoms with van der Waals surface area (Å²) in [6, 6.07) is 14.2. The van der Waals surface area contributed by atoms with Crippen molar-refractivity contribution in [3.8, 4) is 0 Å². The summed E-state index contributed by atoms with van der Waals surface area (Å²) in [6.45, 7) is 0.571. The highest BCUT2D eigenvalue weighted by Gasteiger charge is 2.15. The minimum Gasteiger partial charge on any atom is -0.350 e. The molecule has 0 aliphatic heterocycles. The number of fused-ring (bicyclic) bond motifs is 1. The Balaban J connectivity index is 1.96. The van der Waals surface area contributed by atoms with Crippen molar-refractivity contribution >= 4 is 34.1 Å². The Bertz CT molecular complexity index is 808. The molecule has 0 saturated heterocycles. The Morgan fingerprint density at radius 1 is 1.09 bits per heavy atom. The maximum absolute atomic E-state index is 6.14. The van der Waals surface area contributed by atoms with Crippen LogP contribution < -0.4 is 5.73 Å². The molecule has 0 aliphatic carbocycles. The Hall–Kier alpha value is -1.48. The molecule has 3 aromatic rings. The van der Waals surface area contributed by atoms with Crippen LogP contribution in [0.15, 0.2) is 48.7 Å². The third kappa shape index (κ3) is 2.87. The van der Waals surface area contributed by atoms with Crippen LogP contribution in [0, 0.1) is 0 Å². The van der Waals surface area contributed by atoms with Gasteiger partial charge in [0.2, 0.25) is 0 Å². The maximum atomic E-state index is 6.14. The second kappa shape index (κ2) is 6.33. The fraction of sp³-hybridized carbons (Fsp3) is 0.222. The van der Waals surface area contributed by atoms with Crippen molar-refractivity contribution in [1.82, 2.24) is 4.57 Å². The molecular formula is C18H18Cl2N2. The van der Waals surface area contributed by atoms with Crippen LogP contribution in [-0.2, 0) is 13.5 Å². The molecule has 1 heterocycles. The summed E-state index contributed by atoms with van der Waals surface area (Å²) in [5, 5.41) is 2.44. The lowest BCUT2D eigenvalue weighted by molar-refractivity contribution is 0.695. The number of hydrogen-bond donors (Lipinski definition) is 1. The van der Waals surface area contributed by atoms with Crippen molar-refractivity contribution in [2.45, 2.75) is 12.3 Å². The third-order valence-corrected chi connectivity index (χ3v) is 4.88. The number of rotatable bonds is 4. The standard InChI is InChI=1S/C18H18Cl2N2/c1-22-11-14(15-4-2-3-5-18(15)22)8-13(10-21)12-6-7-16(19)17(20)9-12/h2-7,9,11,13H,8,10,21H2,1H3. The van der Waals surface area contributed by atoms with Crippen LogP contribution in [0.25, 0.3) is 10.9 Å². The molecular weight excluding hydrogens is 315 g/mol. The maximum Gasteiger partial charge on any atom is 0.0595 e. The molecule has 0 aliphatic rings. The topological polar surface area (TPSA) is 30.9 Å². The van der Waals surface area contributed by atoms with Crippen molar-refractivity contribution in [1.29, 1.82) is 0 Å². The van der Waals surface area contributed by atoms with Crippen molar-refractivity contribution in [3.05, 3.63) is 69.8 Å². The van der Waals surface area contributed by atoms with E-state index in [1.165, 1.54) is 16.5 Å². The van der Waals surface area contributed by atoms with Crippen molar-refractivity contribution in [2.24, 2.45) is 12.8 Å². The zero-order valence-corrected chi connectivity index (χ0v) is 13.9. The minimum absolute atomic E-state index is 0.223. The molecule has 2 aromatic carbocycles. The molecule has 0 fully saturated rings. The quantitative estimate of drug-likeness (QED) is 0.732. The number of hydrogen-bond acceptors (Lipinski definition) is 1. The normalized spacial score (nSPS) is 12.7. The van der Waals surface area contributed by atoms with E-state index in [1.54, 1.807) is 0 Å². The predicted octanol–water partition coefficient (Wildman–Crippen LogP) is 4.77. The van der Waals surface area contributed by atoms with Gasteiger partial charge in [0.25, 0.3) is 0 Å². The number of halogens is 2. The highest BCUT2D eigenvalue weighted by molar-refractivity contribution is 6.42. The smallest absolute Gasteiger partial charge is 0.0595 e. The van der Waals surface area contributed by atoms with Gasteiger partial charge in [-0.2, -0.15) is 0 Å². The molecule has 0 spiro atoms. The molecule has 22 heavy (non-hydrogen) atoms. The second-order valence-corrected chi connectivity index (χ2v) is 6.41. The Morgan fingerprint density at radius 2 is 1.86 bits per heavy atom. The number of benzene rings is 2. The number of aryl methyl sites for hydroxylation is 1. The second-order valence-electron chi connectivity index (χ2n) is 5.59. The molecule has 0 bridgehead atoms. The lowest BCUT2D eigenvalue weighted by Crippen LogP contribution is -2.15. The van der Waals surface area contributed by atoms with Gasteiger partial charge in [-0.05, 0) is 42.3 Å². The Labute approximate surface area is 140 Å². The summed E-state index contributed by atoms with van der Waals surface area (Å²) < 4.78 is 2.16. The minimum atomic E-state index is 0.223. The molecule has 1 atom stereocenters. The molecule has 1 aromatic heterocycles. The lowest BCUT2D eigenvalue weighted by atomic mass is 9.92. The van der Waals surface area contributed by atoms with Gasteiger partial charge in [0, 0.05) is 30.1 Å². The molecule has 0 amide bonds. The van der Waals surface area contributed by atoms with Gasteiger partial charge < -0.3 is 10.3 Å². The van der Waals surface area contributed by atoms with Gasteiger partial charge in [-0.1, -0.05) is 47.5 Å². The fourth-order valence-corrected chi connectivity index (χ4v) is 3.26. The number of nitrogens with two attached hydrogens (primary N) is 1. The first-order valence-electron chi connectivity index (χ1n) is 7.28. The highest BCUT2D eigenvalue weighted by atomic mass is 35.5. The monoisotopic (exact) mass is 332 g/mol. The van der Waals surface area contributed by atoms with E-state index in [9.17, 15) is 0 Å². The number of aromatic nitrogens is 1. The Morgan fingerprint density at radius 3 is 2.59 bits per heavy atom. The van der Waals surface area contributed by atoms with E-state index in [2.05, 4.69) is 42.1 Å². The average molecular weight is 333 g/mol. The first-order valence-corrected chi connectivity index (χ1v) is 8.03. The summed E-state index contributed by atoms with van der Waals surface area (Å²) in [6.07, 6.45) is 3.07. The average Bonchev–Trinajstić information content (AvgIpc) is 2.84. The molecule has 0 radical (unpaired) electrons. The van der Waals surface area contributed by atoms with Crippen molar-refractivity contribution < 1.29 is 0 Å². The van der Waals surface area contributed by atoms with Gasteiger partial charge >= 0.3 is 0 Å². The number of para-hydroxylation sites is 1. The van der Waals surface area contributed by atoms with Gasteiger partial charge in [-0.25, -0.2) is 0 Å². The third-order valence-electron chi connectivity index (χ3n) is 4.15. The van der Waals surface area contributed by atoms with E-state index in [0.29, 0.717) is 16.6 Å². The van der Waals surface area contributed by atoms with E-state index in [0.717, 1.165) is 12.0 Å². The van der Waals surface area contributed by atoms with Crippen LogP contribution in [0.1, 0.15) is 17.0 Å². The van der Waals surface area contributed by atoms with Crippen LogP contribution in [0.3, 0.4) is 0 Å². The van der Waals surface area contributed by atoms with Gasteiger partial charge in [0.1, 0.15) is 0 Å². The summed E-state index contributed by atoms with van der Waals surface area (Å²) in [4.78, 5) is 0. The van der Waals surface area contributed by atoms with Gasteiger partial charge in [-0.15, -0.1) is 0 Å². The van der Waals surface area contributed by atoms with Crippen LogP contribution in [0.2, 0.25) is 10.0 Å². The summed E-state index contributed by atoms with van der Waals surface area (Å²) >= 11 is 12.1. The summed E-state index contributed by atoms with van der Waals surface area (Å²) in [7, 11) is 2.07. The SMILES string of the molecule is Cn1cc(CC(CN)c2ccc(Cl)c(Cl)c2)c2ccccc21. The first-order chi connectivity index (χ1) is 10.6. The number of nitrogens with zero attached hydrogens (tertiary/aromatic N) is 1. The summed E-state index contributed by atoms with van der Waals surface area (Å²) in [5.41, 5.74) is 9.68. The fourth-order valence-electron chi connectivity index (χ4n) is 2.96. The van der Waals surface area contributed by atoms with E-state index in [4.69, 9.17) is 28.9 Å². The van der Waals surface area contributed by atoms with E-state index < -0.39 is 0 Å². The van der Waals surface area contributed by atoms with Gasteiger partial charge in [0.15, 0.2) is 0 Å². The van der Waals surface area contributed by atoms with Gasteiger partial charge in [0.05, 0.1) is 10.0 Å². The molecule has 0 saturated carbocycles. The van der Waals surface area contributed by atoms with Crippen LogP contribution in [0.5, 0.6) is 0 Å². The van der Waals surface area contributed by atoms with Crippen molar-refractivity contribution in [3.63, 3.8) is 0 Å². The first kappa shape index (κ1) is 15.4. The van der Waals surface area contributed by atoms with E-state index in [1.807, 2.05) is 18.2 Å². The highest BCUT2D eigenvalue weighted by Crippen LogP contribution is 2.30. The van der Waals surface area contributed by atoms with E-state index >= 15 is 0 Å². The largest absolute Gasteiger partial charge is 0.350 e. The molecule has 114 valence electrons. The summed E-state index contributed by atoms with van der Waals surface area (Å²) in [5.74, 6) is 0.223. The van der Waals surface area contributed by atoms with Gasteiger partial charge in [-0.3, -0.25) is 0 Å². The van der Waals surface area contributed by atoms with Crippen LogP contribution in [-0.4, -0.2) is 11.1 Å². The zero-order valence-electron chi connectivity index (χ0n) is 12.4. The lowest BCUT2D eigenvalue weighted by Gasteiger charge is -2.15. The van der Waals surface area contributed by atoms with Crippen LogP contribution >= 0.6 is 23.2 Å². The van der Waals surface area contributed by atoms with Crippen LogP contribution in [0.4, 0.5) is 0 Å². The van der Waals surface area contributed by atoms with Crippen molar-refractivity contribution in [2.75, 3.05) is 6.54 Å². The molecule has 2 nitrogen and oxygen atoms in total. The predicted molar refractivity (Wildman–Crippen MR) is 94.9 cm³/mol. The molecule has 4 heteroatoms. The Kier molecular flexibility index (Phi) is 4.44. The molecule has 3 rings (SSSR count). The van der Waals surface area contributed by atoms with E-state index in [-0.39, 0.29) is 5.92 Å². The zero-order chi connectivity index (χ0) is 15.7.